The van der Waals surface area contributed by atoms with E-state index in [0.717, 1.165) is 16.5 Å². The first-order chi connectivity index (χ1) is 9.95. The third-order valence-corrected chi connectivity index (χ3v) is 4.13. The first-order valence-corrected chi connectivity index (χ1v) is 7.81. The van der Waals surface area contributed by atoms with Crippen LogP contribution in [0.1, 0.15) is 31.4 Å². The molecule has 1 aliphatic rings. The van der Waals surface area contributed by atoms with E-state index in [2.05, 4.69) is 21.2 Å². The van der Waals surface area contributed by atoms with Crippen molar-refractivity contribution in [2.24, 2.45) is 5.73 Å². The molecule has 5 nitrogen and oxygen atoms in total. The molecule has 22 heavy (non-hydrogen) atoms. The predicted molar refractivity (Wildman–Crippen MR) is 91.7 cm³/mol. The molecule has 1 unspecified atom stereocenters. The van der Waals surface area contributed by atoms with Gasteiger partial charge in [-0.3, -0.25) is 9.59 Å². The topological polar surface area (TPSA) is 75.4 Å². The molecule has 1 aliphatic heterocycles. The number of rotatable bonds is 4. The molecule has 1 saturated heterocycles. The fourth-order valence-corrected chi connectivity index (χ4v) is 2.77. The van der Waals surface area contributed by atoms with Gasteiger partial charge in [0.05, 0.1) is 12.5 Å². The van der Waals surface area contributed by atoms with E-state index in [4.69, 9.17) is 5.73 Å². The van der Waals surface area contributed by atoms with Gasteiger partial charge >= 0.3 is 0 Å². The molecule has 3 N–H and O–H groups in total. The van der Waals surface area contributed by atoms with Crippen LogP contribution in [0.2, 0.25) is 0 Å². The Balaban J connectivity index is 0.00000242. The molecule has 0 aliphatic carbocycles. The summed E-state index contributed by atoms with van der Waals surface area (Å²) in [4.78, 5) is 25.5. The molecule has 1 heterocycles. The Hall–Kier alpha value is -1.11. The van der Waals surface area contributed by atoms with Crippen LogP contribution in [0.15, 0.2) is 28.7 Å². The van der Waals surface area contributed by atoms with Crippen molar-refractivity contribution in [2.75, 3.05) is 13.1 Å². The van der Waals surface area contributed by atoms with Crippen molar-refractivity contribution in [3.8, 4) is 0 Å². The number of nitrogens with zero attached hydrogens (tertiary/aromatic N) is 1. The van der Waals surface area contributed by atoms with Crippen molar-refractivity contribution in [1.29, 1.82) is 0 Å². The van der Waals surface area contributed by atoms with Crippen molar-refractivity contribution in [2.45, 2.75) is 31.8 Å². The fourth-order valence-electron chi connectivity index (χ4n) is 2.51. The summed E-state index contributed by atoms with van der Waals surface area (Å²) in [5, 5.41) is 2.85. The van der Waals surface area contributed by atoms with Crippen molar-refractivity contribution in [3.63, 3.8) is 0 Å². The van der Waals surface area contributed by atoms with Crippen LogP contribution in [0.25, 0.3) is 0 Å². The molecule has 0 spiro atoms. The standard InChI is InChI=1S/C15H20BrN3O2.ClH/c1-10(20)18-14(11-2-4-12(16)5-3-11)8-15(21)19-7-6-13(17)9-19;/h2-5,13-14H,6-9,17H2,1H3,(H,18,20);1H/t13-,14?;/m1./s1. The maximum Gasteiger partial charge on any atom is 0.225 e. The van der Waals surface area contributed by atoms with E-state index in [1.54, 1.807) is 4.90 Å². The molecule has 1 aromatic rings. The third kappa shape index (κ3) is 5.26. The average molecular weight is 391 g/mol. The maximum atomic E-state index is 12.3. The van der Waals surface area contributed by atoms with Gasteiger partial charge in [-0.2, -0.15) is 0 Å². The largest absolute Gasteiger partial charge is 0.349 e. The molecule has 0 aromatic heterocycles. The number of hydrogen-bond acceptors (Lipinski definition) is 3. The van der Waals surface area contributed by atoms with Gasteiger partial charge in [-0.15, -0.1) is 12.4 Å². The molecule has 122 valence electrons. The van der Waals surface area contributed by atoms with E-state index in [1.165, 1.54) is 6.92 Å². The molecule has 2 atom stereocenters. The van der Waals surface area contributed by atoms with Gasteiger partial charge in [-0.25, -0.2) is 0 Å². The van der Waals surface area contributed by atoms with Crippen molar-refractivity contribution in [3.05, 3.63) is 34.3 Å². The van der Waals surface area contributed by atoms with Gasteiger partial charge in [0.25, 0.3) is 0 Å². The molecular weight excluding hydrogens is 370 g/mol. The number of hydrogen-bond donors (Lipinski definition) is 2. The summed E-state index contributed by atoms with van der Waals surface area (Å²) in [6.45, 7) is 2.77. The second kappa shape index (κ2) is 8.50. The van der Waals surface area contributed by atoms with Gasteiger partial charge in [0, 0.05) is 30.5 Å². The zero-order valence-corrected chi connectivity index (χ0v) is 14.8. The van der Waals surface area contributed by atoms with E-state index < -0.39 is 0 Å². The Bertz CT molecular complexity index is 524. The molecule has 2 rings (SSSR count). The Labute approximate surface area is 145 Å². The first kappa shape index (κ1) is 18.9. The minimum Gasteiger partial charge on any atom is -0.349 e. The highest BCUT2D eigenvalue weighted by molar-refractivity contribution is 9.10. The molecule has 1 aromatic carbocycles. The van der Waals surface area contributed by atoms with Gasteiger partial charge in [-0.05, 0) is 24.1 Å². The molecule has 7 heteroatoms. The molecule has 0 saturated carbocycles. The Morgan fingerprint density at radius 2 is 2.05 bits per heavy atom. The maximum absolute atomic E-state index is 12.3. The third-order valence-electron chi connectivity index (χ3n) is 3.61. The highest BCUT2D eigenvalue weighted by Crippen LogP contribution is 2.21. The number of nitrogens with two attached hydrogens (primary N) is 1. The number of likely N-dealkylation sites (tertiary alicyclic amines) is 1. The number of benzene rings is 1. The number of carbonyl (C=O) groups is 2. The summed E-state index contributed by atoms with van der Waals surface area (Å²) in [5.74, 6) is -0.113. The monoisotopic (exact) mass is 389 g/mol. The molecular formula is C15H21BrClN3O2. The number of amides is 2. The molecule has 0 radical (unpaired) electrons. The predicted octanol–water partition coefficient (Wildman–Crippen LogP) is 2.00. The second-order valence-corrected chi connectivity index (χ2v) is 6.31. The van der Waals surface area contributed by atoms with Crippen molar-refractivity contribution < 1.29 is 9.59 Å². The summed E-state index contributed by atoms with van der Waals surface area (Å²) in [7, 11) is 0. The van der Waals surface area contributed by atoms with Crippen LogP contribution in [0, 0.1) is 0 Å². The van der Waals surface area contributed by atoms with Crippen LogP contribution < -0.4 is 11.1 Å². The lowest BCUT2D eigenvalue weighted by Gasteiger charge is -2.22. The Morgan fingerprint density at radius 1 is 1.41 bits per heavy atom. The van der Waals surface area contributed by atoms with Crippen molar-refractivity contribution >= 4 is 40.2 Å². The van der Waals surface area contributed by atoms with E-state index >= 15 is 0 Å². The minimum absolute atomic E-state index is 0. The Kier molecular flexibility index (Phi) is 7.32. The number of halogens is 2. The highest BCUT2D eigenvalue weighted by Gasteiger charge is 2.26. The summed E-state index contributed by atoms with van der Waals surface area (Å²) >= 11 is 3.38. The first-order valence-electron chi connectivity index (χ1n) is 7.01. The summed E-state index contributed by atoms with van der Waals surface area (Å²) in [6, 6.07) is 7.39. The second-order valence-electron chi connectivity index (χ2n) is 5.40. The molecule has 0 bridgehead atoms. The molecule has 2 amide bonds. The number of carbonyl (C=O) groups excluding carboxylic acids is 2. The van der Waals surface area contributed by atoms with Gasteiger partial charge in [0.1, 0.15) is 0 Å². The SMILES string of the molecule is CC(=O)NC(CC(=O)N1CC[C@@H](N)C1)c1ccc(Br)cc1.Cl. The molecule has 1 fully saturated rings. The summed E-state index contributed by atoms with van der Waals surface area (Å²) < 4.78 is 0.963. The van der Waals surface area contributed by atoms with E-state index in [1.807, 2.05) is 24.3 Å². The Morgan fingerprint density at radius 3 is 2.55 bits per heavy atom. The lowest BCUT2D eigenvalue weighted by Crippen LogP contribution is -2.36. The van der Waals surface area contributed by atoms with E-state index in [0.29, 0.717) is 13.1 Å². The quantitative estimate of drug-likeness (QED) is 0.825. The van der Waals surface area contributed by atoms with Crippen LogP contribution >= 0.6 is 28.3 Å². The fraction of sp³-hybridized carbons (Fsp3) is 0.467. The van der Waals surface area contributed by atoms with Crippen LogP contribution in [0.5, 0.6) is 0 Å². The van der Waals surface area contributed by atoms with Crippen LogP contribution in [0.4, 0.5) is 0 Å². The van der Waals surface area contributed by atoms with Crippen LogP contribution in [-0.4, -0.2) is 35.8 Å². The van der Waals surface area contributed by atoms with Gasteiger partial charge in [0.15, 0.2) is 0 Å². The smallest absolute Gasteiger partial charge is 0.225 e. The van der Waals surface area contributed by atoms with E-state index in [-0.39, 0.29) is 42.7 Å². The van der Waals surface area contributed by atoms with Gasteiger partial charge in [0.2, 0.25) is 11.8 Å². The lowest BCUT2D eigenvalue weighted by molar-refractivity contribution is -0.131. The zero-order chi connectivity index (χ0) is 15.4. The zero-order valence-electron chi connectivity index (χ0n) is 12.4. The normalized spacial score (nSPS) is 18.5. The summed E-state index contributed by atoms with van der Waals surface area (Å²) in [5.41, 5.74) is 6.75. The van der Waals surface area contributed by atoms with Crippen molar-refractivity contribution in [1.82, 2.24) is 10.2 Å². The number of nitrogens with one attached hydrogen (secondary N) is 1. The summed E-state index contributed by atoms with van der Waals surface area (Å²) in [6.07, 6.45) is 1.10. The van der Waals surface area contributed by atoms with Crippen LogP contribution in [0.3, 0.4) is 0 Å². The van der Waals surface area contributed by atoms with Crippen LogP contribution in [-0.2, 0) is 9.59 Å². The van der Waals surface area contributed by atoms with E-state index in [9.17, 15) is 9.59 Å². The van der Waals surface area contributed by atoms with Gasteiger partial charge in [-0.1, -0.05) is 28.1 Å². The minimum atomic E-state index is -0.306. The average Bonchev–Trinajstić information content (AvgIpc) is 2.85. The highest BCUT2D eigenvalue weighted by atomic mass is 79.9. The van der Waals surface area contributed by atoms with Gasteiger partial charge < -0.3 is 16.0 Å². The lowest BCUT2D eigenvalue weighted by atomic mass is 10.0.